The van der Waals surface area contributed by atoms with Crippen LogP contribution in [0, 0.1) is 6.92 Å². The number of nitrogens with zero attached hydrogens (tertiary/aromatic N) is 1. The lowest BCUT2D eigenvalue weighted by Gasteiger charge is -2.17. The fourth-order valence-corrected chi connectivity index (χ4v) is 3.50. The normalized spacial score (nSPS) is 10.5. The van der Waals surface area contributed by atoms with E-state index in [4.69, 9.17) is 4.42 Å². The number of hydrogen-bond acceptors (Lipinski definition) is 4. The third-order valence-electron chi connectivity index (χ3n) is 4.13. The molecule has 28 heavy (non-hydrogen) atoms. The first kappa shape index (κ1) is 19.8. The Morgan fingerprint density at radius 2 is 1.79 bits per heavy atom. The third-order valence-corrected chi connectivity index (χ3v) is 5.20. The Balaban J connectivity index is 1.62. The molecule has 0 atom stereocenters. The maximum atomic E-state index is 12.8. The molecule has 0 aliphatic carbocycles. The summed E-state index contributed by atoms with van der Waals surface area (Å²) in [6, 6.07) is 18.6. The molecule has 0 bridgehead atoms. The van der Waals surface area contributed by atoms with Crippen molar-refractivity contribution in [2.45, 2.75) is 18.4 Å². The first-order chi connectivity index (χ1) is 13.5. The number of furan rings is 1. The van der Waals surface area contributed by atoms with Gasteiger partial charge in [-0.25, -0.2) is 0 Å². The molecule has 0 fully saturated rings. The number of anilines is 1. The number of carbonyl (C=O) groups excluding carboxylic acids is 2. The summed E-state index contributed by atoms with van der Waals surface area (Å²) in [5, 5.41) is 2.87. The standard InChI is InChI=1S/C22H22N2O3S/c1-16-9-11-17(12-10-16)23-21(25)15-28-20-8-4-3-7-19(20)22(26)24(2)14-18-6-5-13-27-18/h3-13H,14-15H2,1-2H3,(H,23,25). The van der Waals surface area contributed by atoms with E-state index in [0.29, 0.717) is 12.1 Å². The van der Waals surface area contributed by atoms with Crippen LogP contribution in [0.1, 0.15) is 21.7 Å². The van der Waals surface area contributed by atoms with Crippen LogP contribution in [0.3, 0.4) is 0 Å². The van der Waals surface area contributed by atoms with E-state index in [-0.39, 0.29) is 17.6 Å². The number of aryl methyl sites for hydroxylation is 1. The molecule has 0 spiro atoms. The highest BCUT2D eigenvalue weighted by molar-refractivity contribution is 8.00. The summed E-state index contributed by atoms with van der Waals surface area (Å²) in [6.07, 6.45) is 1.59. The highest BCUT2D eigenvalue weighted by atomic mass is 32.2. The van der Waals surface area contributed by atoms with Crippen molar-refractivity contribution in [1.29, 1.82) is 0 Å². The van der Waals surface area contributed by atoms with Gasteiger partial charge in [0.2, 0.25) is 5.91 Å². The summed E-state index contributed by atoms with van der Waals surface area (Å²) < 4.78 is 5.31. The van der Waals surface area contributed by atoms with Crippen molar-refractivity contribution in [3.63, 3.8) is 0 Å². The molecule has 0 aliphatic rings. The van der Waals surface area contributed by atoms with E-state index in [1.807, 2.05) is 55.5 Å². The average molecular weight is 394 g/mol. The maximum absolute atomic E-state index is 12.8. The predicted molar refractivity (Wildman–Crippen MR) is 111 cm³/mol. The Kier molecular flexibility index (Phi) is 6.55. The Bertz CT molecular complexity index is 937. The molecular weight excluding hydrogens is 372 g/mol. The zero-order valence-corrected chi connectivity index (χ0v) is 16.7. The topological polar surface area (TPSA) is 62.6 Å². The molecule has 1 N–H and O–H groups in total. The number of rotatable bonds is 7. The smallest absolute Gasteiger partial charge is 0.255 e. The van der Waals surface area contributed by atoms with E-state index >= 15 is 0 Å². The summed E-state index contributed by atoms with van der Waals surface area (Å²) in [4.78, 5) is 27.5. The largest absolute Gasteiger partial charge is 0.467 e. The molecule has 6 heteroatoms. The van der Waals surface area contributed by atoms with E-state index in [9.17, 15) is 9.59 Å². The third kappa shape index (κ3) is 5.27. The lowest BCUT2D eigenvalue weighted by atomic mass is 10.2. The van der Waals surface area contributed by atoms with E-state index in [2.05, 4.69) is 5.32 Å². The highest BCUT2D eigenvalue weighted by Gasteiger charge is 2.17. The van der Waals surface area contributed by atoms with Crippen molar-refractivity contribution >= 4 is 29.3 Å². The molecule has 2 amide bonds. The summed E-state index contributed by atoms with van der Waals surface area (Å²) in [6.45, 7) is 2.39. The summed E-state index contributed by atoms with van der Waals surface area (Å²) in [5.41, 5.74) is 2.47. The first-order valence-corrected chi connectivity index (χ1v) is 9.87. The van der Waals surface area contributed by atoms with Crippen LogP contribution in [-0.2, 0) is 11.3 Å². The molecule has 3 rings (SSSR count). The second-order valence-electron chi connectivity index (χ2n) is 6.44. The number of carbonyl (C=O) groups is 2. The van der Waals surface area contributed by atoms with E-state index in [0.717, 1.165) is 21.9 Å². The average Bonchev–Trinajstić information content (AvgIpc) is 3.21. The fourth-order valence-electron chi connectivity index (χ4n) is 2.66. The first-order valence-electron chi connectivity index (χ1n) is 8.89. The van der Waals surface area contributed by atoms with Crippen LogP contribution in [0.5, 0.6) is 0 Å². The molecule has 0 saturated heterocycles. The van der Waals surface area contributed by atoms with Crippen molar-refractivity contribution in [3.8, 4) is 0 Å². The summed E-state index contributed by atoms with van der Waals surface area (Å²) >= 11 is 1.35. The van der Waals surface area contributed by atoms with Gasteiger partial charge in [0.05, 0.1) is 24.1 Å². The van der Waals surface area contributed by atoms with Gasteiger partial charge in [-0.1, -0.05) is 29.8 Å². The van der Waals surface area contributed by atoms with E-state index < -0.39 is 0 Å². The van der Waals surface area contributed by atoms with Crippen molar-refractivity contribution in [3.05, 3.63) is 83.8 Å². The second kappa shape index (κ2) is 9.28. The molecule has 0 aliphatic heterocycles. The summed E-state index contributed by atoms with van der Waals surface area (Å²) in [7, 11) is 1.73. The van der Waals surface area contributed by atoms with Crippen molar-refractivity contribution in [2.24, 2.45) is 0 Å². The minimum absolute atomic E-state index is 0.111. The van der Waals surface area contributed by atoms with Gasteiger partial charge in [-0.05, 0) is 43.3 Å². The van der Waals surface area contributed by atoms with Gasteiger partial charge < -0.3 is 14.6 Å². The number of amides is 2. The summed E-state index contributed by atoms with van der Waals surface area (Å²) in [5.74, 6) is 0.719. The molecular formula is C22H22N2O3S. The van der Waals surface area contributed by atoms with Crippen molar-refractivity contribution < 1.29 is 14.0 Å². The quantitative estimate of drug-likeness (QED) is 0.595. The van der Waals surface area contributed by atoms with Crippen LogP contribution < -0.4 is 5.32 Å². The van der Waals surface area contributed by atoms with Gasteiger partial charge in [-0.15, -0.1) is 11.8 Å². The molecule has 1 aromatic heterocycles. The minimum Gasteiger partial charge on any atom is -0.467 e. The number of thioether (sulfide) groups is 1. The lowest BCUT2D eigenvalue weighted by Crippen LogP contribution is -2.26. The van der Waals surface area contributed by atoms with Crippen LogP contribution in [0.2, 0.25) is 0 Å². The van der Waals surface area contributed by atoms with Crippen LogP contribution >= 0.6 is 11.8 Å². The lowest BCUT2D eigenvalue weighted by molar-refractivity contribution is -0.113. The maximum Gasteiger partial charge on any atom is 0.255 e. The Morgan fingerprint density at radius 3 is 2.50 bits per heavy atom. The minimum atomic E-state index is -0.113. The van der Waals surface area contributed by atoms with Crippen LogP contribution in [0.4, 0.5) is 5.69 Å². The zero-order chi connectivity index (χ0) is 19.9. The van der Waals surface area contributed by atoms with Gasteiger partial charge in [-0.2, -0.15) is 0 Å². The van der Waals surface area contributed by atoms with Gasteiger partial charge in [0.25, 0.3) is 5.91 Å². The van der Waals surface area contributed by atoms with Gasteiger partial charge >= 0.3 is 0 Å². The molecule has 3 aromatic rings. The van der Waals surface area contributed by atoms with Crippen molar-refractivity contribution in [2.75, 3.05) is 18.1 Å². The molecule has 144 valence electrons. The Hall–Kier alpha value is -2.99. The highest BCUT2D eigenvalue weighted by Crippen LogP contribution is 2.24. The van der Waals surface area contributed by atoms with Crippen LogP contribution in [0.25, 0.3) is 0 Å². The van der Waals surface area contributed by atoms with E-state index in [1.165, 1.54) is 11.8 Å². The van der Waals surface area contributed by atoms with Gasteiger partial charge in [-0.3, -0.25) is 9.59 Å². The molecule has 2 aromatic carbocycles. The van der Waals surface area contributed by atoms with E-state index in [1.54, 1.807) is 30.3 Å². The molecule has 0 radical (unpaired) electrons. The van der Waals surface area contributed by atoms with Crippen molar-refractivity contribution in [1.82, 2.24) is 4.90 Å². The monoisotopic (exact) mass is 394 g/mol. The molecule has 0 saturated carbocycles. The number of benzene rings is 2. The van der Waals surface area contributed by atoms with Gasteiger partial charge in [0.1, 0.15) is 5.76 Å². The Morgan fingerprint density at radius 1 is 1.04 bits per heavy atom. The van der Waals surface area contributed by atoms with Gasteiger partial charge in [0, 0.05) is 17.6 Å². The predicted octanol–water partition coefficient (Wildman–Crippen LogP) is 4.59. The van der Waals surface area contributed by atoms with Gasteiger partial charge in [0.15, 0.2) is 0 Å². The number of nitrogens with one attached hydrogen (secondary N) is 1. The zero-order valence-electron chi connectivity index (χ0n) is 15.8. The Labute approximate surface area is 168 Å². The second-order valence-corrected chi connectivity index (χ2v) is 7.46. The fraction of sp³-hybridized carbons (Fsp3) is 0.182. The molecule has 1 heterocycles. The SMILES string of the molecule is Cc1ccc(NC(=O)CSc2ccccc2C(=O)N(C)Cc2ccco2)cc1. The van der Waals surface area contributed by atoms with Crippen LogP contribution in [0.15, 0.2) is 76.2 Å². The molecule has 5 nitrogen and oxygen atoms in total. The van der Waals surface area contributed by atoms with Crippen LogP contribution in [-0.4, -0.2) is 29.5 Å². The number of hydrogen-bond donors (Lipinski definition) is 1. The molecule has 0 unspecified atom stereocenters.